The van der Waals surface area contributed by atoms with Gasteiger partial charge in [0.2, 0.25) is 11.7 Å². The maximum absolute atomic E-state index is 11.1. The number of carboxylic acid groups (broad SMARTS) is 1. The fraction of sp³-hybridized carbons (Fsp3) is 0.217. The third-order valence-electron chi connectivity index (χ3n) is 5.59. The van der Waals surface area contributed by atoms with Gasteiger partial charge in [0.05, 0.1) is 29.3 Å². The molecule has 4 aromatic rings. The van der Waals surface area contributed by atoms with Crippen molar-refractivity contribution in [3.8, 4) is 11.4 Å². The van der Waals surface area contributed by atoms with Gasteiger partial charge >= 0.3 is 5.97 Å². The monoisotopic (exact) mass is 415 g/mol. The molecular formula is C23H21N5O3. The summed E-state index contributed by atoms with van der Waals surface area (Å²) >= 11 is 0. The minimum Gasteiger partial charge on any atom is -0.478 e. The Morgan fingerprint density at radius 1 is 1.26 bits per heavy atom. The van der Waals surface area contributed by atoms with Crippen LogP contribution in [0.2, 0.25) is 0 Å². The Balaban J connectivity index is 1.44. The first-order valence-electron chi connectivity index (χ1n) is 10.0. The predicted molar refractivity (Wildman–Crippen MR) is 112 cm³/mol. The minimum atomic E-state index is -0.931. The van der Waals surface area contributed by atoms with E-state index in [0.29, 0.717) is 31.2 Å². The Morgan fingerprint density at radius 2 is 2.10 bits per heavy atom. The van der Waals surface area contributed by atoms with Crippen molar-refractivity contribution < 1.29 is 14.4 Å². The standard InChI is InChI=1S/C23H21N5O3/c1-14-3-2-4-17(9-14)21-26-22(31-27-21)20-10-18-19(25-13-24-18)12-28(20)11-15-5-7-16(8-6-15)23(29)30/h2-9,13,20H,10-12H2,1H3,(H,24,25)(H,29,30)/t20-/m0/s1. The number of hydrogen-bond acceptors (Lipinski definition) is 6. The fourth-order valence-electron chi connectivity index (χ4n) is 3.96. The Hall–Kier alpha value is -3.78. The highest BCUT2D eigenvalue weighted by molar-refractivity contribution is 5.87. The first kappa shape index (κ1) is 19.2. The second-order valence-corrected chi connectivity index (χ2v) is 7.78. The van der Waals surface area contributed by atoms with Crippen LogP contribution in [0, 0.1) is 6.92 Å². The number of hydrogen-bond donors (Lipinski definition) is 2. The molecule has 3 heterocycles. The molecule has 2 N–H and O–H groups in total. The summed E-state index contributed by atoms with van der Waals surface area (Å²) in [7, 11) is 0. The van der Waals surface area contributed by atoms with E-state index in [4.69, 9.17) is 14.6 Å². The molecule has 0 saturated heterocycles. The molecular weight excluding hydrogens is 394 g/mol. The van der Waals surface area contributed by atoms with Crippen molar-refractivity contribution in [1.82, 2.24) is 25.0 Å². The quantitative estimate of drug-likeness (QED) is 0.511. The zero-order valence-electron chi connectivity index (χ0n) is 16.9. The summed E-state index contributed by atoms with van der Waals surface area (Å²) in [5.41, 5.74) is 5.40. The Morgan fingerprint density at radius 3 is 2.87 bits per heavy atom. The summed E-state index contributed by atoms with van der Waals surface area (Å²) in [6, 6.07) is 14.8. The first-order valence-corrected chi connectivity index (χ1v) is 10.0. The maximum Gasteiger partial charge on any atom is 0.335 e. The number of rotatable bonds is 5. The molecule has 0 amide bonds. The summed E-state index contributed by atoms with van der Waals surface area (Å²) in [4.78, 5) is 25.7. The van der Waals surface area contributed by atoms with Crippen LogP contribution in [0.1, 0.15) is 44.8 Å². The van der Waals surface area contributed by atoms with E-state index in [9.17, 15) is 4.79 Å². The van der Waals surface area contributed by atoms with E-state index in [1.807, 2.05) is 43.3 Å². The summed E-state index contributed by atoms with van der Waals surface area (Å²) < 4.78 is 5.69. The summed E-state index contributed by atoms with van der Waals surface area (Å²) in [5.74, 6) is 0.184. The van der Waals surface area contributed by atoms with Crippen molar-refractivity contribution >= 4 is 5.97 Å². The molecule has 5 rings (SSSR count). The van der Waals surface area contributed by atoms with Crippen LogP contribution in [-0.4, -0.2) is 36.1 Å². The highest BCUT2D eigenvalue weighted by Crippen LogP contribution is 2.33. The van der Waals surface area contributed by atoms with Crippen LogP contribution in [0.4, 0.5) is 0 Å². The molecule has 8 nitrogen and oxygen atoms in total. The first-order chi connectivity index (χ1) is 15.1. The molecule has 0 fully saturated rings. The third kappa shape index (κ3) is 3.85. The zero-order chi connectivity index (χ0) is 21.4. The van der Waals surface area contributed by atoms with Gasteiger partial charge in [-0.05, 0) is 30.7 Å². The van der Waals surface area contributed by atoms with Gasteiger partial charge < -0.3 is 14.6 Å². The normalized spacial score (nSPS) is 16.2. The van der Waals surface area contributed by atoms with Crippen molar-refractivity contribution in [3.63, 3.8) is 0 Å². The van der Waals surface area contributed by atoms with Gasteiger partial charge in [0.25, 0.3) is 0 Å². The second kappa shape index (κ2) is 7.81. The molecule has 156 valence electrons. The lowest BCUT2D eigenvalue weighted by Crippen LogP contribution is -2.34. The Labute approximate surface area is 178 Å². The van der Waals surface area contributed by atoms with Crippen molar-refractivity contribution in [3.05, 3.63) is 88.8 Å². The van der Waals surface area contributed by atoms with Crippen LogP contribution in [0.15, 0.2) is 59.4 Å². The largest absolute Gasteiger partial charge is 0.478 e. The Bertz CT molecular complexity index is 1230. The molecule has 0 unspecified atom stereocenters. The average Bonchev–Trinajstić information content (AvgIpc) is 3.43. The van der Waals surface area contributed by atoms with Crippen molar-refractivity contribution in [2.45, 2.75) is 32.5 Å². The third-order valence-corrected chi connectivity index (χ3v) is 5.59. The van der Waals surface area contributed by atoms with Gasteiger partial charge in [0.1, 0.15) is 0 Å². The number of carboxylic acids is 1. The second-order valence-electron chi connectivity index (χ2n) is 7.78. The fourth-order valence-corrected chi connectivity index (χ4v) is 3.96. The molecule has 0 bridgehead atoms. The van der Waals surface area contributed by atoms with Gasteiger partial charge in [-0.15, -0.1) is 0 Å². The van der Waals surface area contributed by atoms with E-state index in [1.165, 1.54) is 0 Å². The summed E-state index contributed by atoms with van der Waals surface area (Å²) in [6.45, 7) is 3.30. The molecule has 1 aliphatic rings. The van der Waals surface area contributed by atoms with Gasteiger partial charge in [0, 0.05) is 25.1 Å². The molecule has 0 aliphatic carbocycles. The number of carbonyl (C=O) groups is 1. The van der Waals surface area contributed by atoms with E-state index in [1.54, 1.807) is 18.5 Å². The van der Waals surface area contributed by atoms with Crippen molar-refractivity contribution in [2.75, 3.05) is 0 Å². The van der Waals surface area contributed by atoms with E-state index >= 15 is 0 Å². The molecule has 0 radical (unpaired) electrons. The molecule has 8 heteroatoms. The van der Waals surface area contributed by atoms with Crippen LogP contribution in [0.25, 0.3) is 11.4 Å². The summed E-state index contributed by atoms with van der Waals surface area (Å²) in [6.07, 6.45) is 2.36. The molecule has 1 atom stereocenters. The SMILES string of the molecule is Cc1cccc(-c2noc([C@@H]3Cc4nc[nH]c4CN3Cc3ccc(C(=O)O)cc3)n2)c1. The topological polar surface area (TPSA) is 108 Å². The number of nitrogens with one attached hydrogen (secondary N) is 1. The van der Waals surface area contributed by atoms with Gasteiger partial charge in [-0.25, -0.2) is 9.78 Å². The smallest absolute Gasteiger partial charge is 0.335 e. The minimum absolute atomic E-state index is 0.124. The van der Waals surface area contributed by atoms with Crippen LogP contribution in [0.5, 0.6) is 0 Å². The molecule has 2 aromatic heterocycles. The number of aromatic amines is 1. The van der Waals surface area contributed by atoms with Gasteiger partial charge in [-0.2, -0.15) is 4.98 Å². The van der Waals surface area contributed by atoms with Crippen molar-refractivity contribution in [2.24, 2.45) is 0 Å². The van der Waals surface area contributed by atoms with Crippen LogP contribution in [0.3, 0.4) is 0 Å². The zero-order valence-corrected chi connectivity index (χ0v) is 16.9. The summed E-state index contributed by atoms with van der Waals surface area (Å²) in [5, 5.41) is 13.4. The number of imidazole rings is 1. The van der Waals surface area contributed by atoms with Gasteiger partial charge in [0.15, 0.2) is 0 Å². The molecule has 2 aromatic carbocycles. The number of aromatic nitrogens is 4. The predicted octanol–water partition coefficient (Wildman–Crippen LogP) is 3.77. The Kier molecular flexibility index (Phi) is 4.83. The van der Waals surface area contributed by atoms with E-state index in [-0.39, 0.29) is 11.6 Å². The van der Waals surface area contributed by atoms with Gasteiger partial charge in [-0.3, -0.25) is 4.90 Å². The number of aryl methyl sites for hydroxylation is 1. The highest BCUT2D eigenvalue weighted by atomic mass is 16.5. The molecule has 31 heavy (non-hydrogen) atoms. The molecule has 1 aliphatic heterocycles. The molecule has 0 saturated carbocycles. The van der Waals surface area contributed by atoms with Crippen LogP contribution in [-0.2, 0) is 19.5 Å². The number of aromatic carboxylic acids is 1. The van der Waals surface area contributed by atoms with Gasteiger partial charge in [-0.1, -0.05) is 41.1 Å². The highest BCUT2D eigenvalue weighted by Gasteiger charge is 2.33. The number of benzene rings is 2. The lowest BCUT2D eigenvalue weighted by atomic mass is 10.0. The molecule has 0 spiro atoms. The number of fused-ring (bicyclic) bond motifs is 1. The van der Waals surface area contributed by atoms with Crippen LogP contribution < -0.4 is 0 Å². The van der Waals surface area contributed by atoms with E-state index < -0.39 is 5.97 Å². The average molecular weight is 415 g/mol. The number of nitrogens with zero attached hydrogens (tertiary/aromatic N) is 4. The maximum atomic E-state index is 11.1. The van der Waals surface area contributed by atoms with Crippen LogP contribution >= 0.6 is 0 Å². The number of H-pyrrole nitrogens is 1. The van der Waals surface area contributed by atoms with Crippen molar-refractivity contribution in [1.29, 1.82) is 0 Å². The van der Waals surface area contributed by atoms with E-state index in [2.05, 4.69) is 20.0 Å². The lowest BCUT2D eigenvalue weighted by Gasteiger charge is -2.32. The van der Waals surface area contributed by atoms with E-state index in [0.717, 1.165) is 28.1 Å². The lowest BCUT2D eigenvalue weighted by molar-refractivity contribution is 0.0697.